The van der Waals surface area contributed by atoms with Crippen molar-refractivity contribution in [2.24, 2.45) is 23.0 Å². The summed E-state index contributed by atoms with van der Waals surface area (Å²) in [4.78, 5) is 0. The Morgan fingerprint density at radius 2 is 1.81 bits per heavy atom. The molecule has 2 aliphatic rings. The van der Waals surface area contributed by atoms with Crippen LogP contribution in [0.5, 0.6) is 0 Å². The van der Waals surface area contributed by atoms with Crippen molar-refractivity contribution in [1.29, 1.82) is 0 Å². The Morgan fingerprint density at radius 3 is 2.25 bits per heavy atom. The van der Waals surface area contributed by atoms with Crippen molar-refractivity contribution in [3.8, 4) is 0 Å². The predicted molar refractivity (Wildman–Crippen MR) is 67.1 cm³/mol. The van der Waals surface area contributed by atoms with Crippen molar-refractivity contribution in [1.82, 2.24) is 0 Å². The number of hydrogen-bond acceptors (Lipinski definition) is 2. The summed E-state index contributed by atoms with van der Waals surface area (Å²) < 4.78 is 0. The molecule has 0 spiro atoms. The Hall–Kier alpha value is -0.0800. The van der Waals surface area contributed by atoms with Crippen LogP contribution in [0, 0.1) is 17.3 Å². The van der Waals surface area contributed by atoms with Crippen LogP contribution in [0.2, 0.25) is 0 Å². The molecule has 2 rings (SSSR count). The molecular weight excluding hydrogens is 198 g/mol. The summed E-state index contributed by atoms with van der Waals surface area (Å²) in [5, 5.41) is 10.8. The molecule has 0 saturated heterocycles. The third-order valence-corrected chi connectivity index (χ3v) is 5.15. The molecule has 0 aromatic heterocycles. The van der Waals surface area contributed by atoms with Crippen LogP contribution in [0.1, 0.15) is 58.8 Å². The lowest BCUT2D eigenvalue weighted by Crippen LogP contribution is -2.52. The van der Waals surface area contributed by atoms with Gasteiger partial charge in [0.25, 0.3) is 0 Å². The fourth-order valence-electron chi connectivity index (χ4n) is 3.38. The van der Waals surface area contributed by atoms with E-state index in [2.05, 4.69) is 6.92 Å². The maximum atomic E-state index is 10.8. The number of rotatable bonds is 4. The first kappa shape index (κ1) is 12.4. The maximum absolute atomic E-state index is 10.8. The van der Waals surface area contributed by atoms with Crippen molar-refractivity contribution in [2.45, 2.75) is 64.4 Å². The van der Waals surface area contributed by atoms with E-state index in [4.69, 9.17) is 5.73 Å². The van der Waals surface area contributed by atoms with E-state index in [9.17, 15) is 5.11 Å². The first-order valence-electron chi connectivity index (χ1n) is 6.91. The quantitative estimate of drug-likeness (QED) is 0.772. The zero-order chi connectivity index (χ0) is 11.8. The molecule has 0 amide bonds. The van der Waals surface area contributed by atoms with E-state index in [0.717, 1.165) is 31.1 Å². The van der Waals surface area contributed by atoms with Gasteiger partial charge in [-0.15, -0.1) is 0 Å². The van der Waals surface area contributed by atoms with Crippen LogP contribution in [-0.2, 0) is 0 Å². The Morgan fingerprint density at radius 1 is 1.25 bits per heavy atom. The van der Waals surface area contributed by atoms with Crippen LogP contribution < -0.4 is 5.73 Å². The molecule has 1 unspecified atom stereocenters. The second kappa shape index (κ2) is 4.30. The monoisotopic (exact) mass is 225 g/mol. The van der Waals surface area contributed by atoms with Crippen LogP contribution >= 0.6 is 0 Å². The smallest absolute Gasteiger partial charge is 0.0690 e. The van der Waals surface area contributed by atoms with E-state index in [1.54, 1.807) is 0 Å². The van der Waals surface area contributed by atoms with Crippen LogP contribution in [0.4, 0.5) is 0 Å². The molecule has 1 atom stereocenters. The van der Waals surface area contributed by atoms with E-state index >= 15 is 0 Å². The first-order valence-corrected chi connectivity index (χ1v) is 6.91. The molecule has 2 fully saturated rings. The Balaban J connectivity index is 2.06. The van der Waals surface area contributed by atoms with Gasteiger partial charge in [0.05, 0.1) is 5.60 Å². The highest BCUT2D eigenvalue weighted by atomic mass is 16.3. The van der Waals surface area contributed by atoms with Crippen molar-refractivity contribution in [3.05, 3.63) is 0 Å². The van der Waals surface area contributed by atoms with Gasteiger partial charge in [-0.25, -0.2) is 0 Å². The lowest BCUT2D eigenvalue weighted by atomic mass is 9.60. The van der Waals surface area contributed by atoms with Gasteiger partial charge in [0.2, 0.25) is 0 Å². The van der Waals surface area contributed by atoms with Gasteiger partial charge in [-0.05, 0) is 38.0 Å². The highest BCUT2D eigenvalue weighted by molar-refractivity contribution is 5.01. The third-order valence-electron chi connectivity index (χ3n) is 5.15. The molecule has 2 aliphatic carbocycles. The number of nitrogens with two attached hydrogens (primary N) is 1. The van der Waals surface area contributed by atoms with Gasteiger partial charge >= 0.3 is 0 Å². The molecule has 2 heteroatoms. The van der Waals surface area contributed by atoms with Gasteiger partial charge in [-0.1, -0.05) is 32.6 Å². The zero-order valence-corrected chi connectivity index (χ0v) is 10.8. The summed E-state index contributed by atoms with van der Waals surface area (Å²) in [6.07, 6.45) is 8.30. The second-order valence-corrected chi connectivity index (χ2v) is 6.59. The Kier molecular flexibility index (Phi) is 3.33. The molecule has 2 nitrogen and oxygen atoms in total. The molecule has 0 bridgehead atoms. The van der Waals surface area contributed by atoms with Crippen LogP contribution in [0.25, 0.3) is 0 Å². The average Bonchev–Trinajstić information content (AvgIpc) is 3.02. The largest absolute Gasteiger partial charge is 0.390 e. The topological polar surface area (TPSA) is 46.2 Å². The summed E-state index contributed by atoms with van der Waals surface area (Å²) in [5.41, 5.74) is 5.47. The molecule has 0 heterocycles. The maximum Gasteiger partial charge on any atom is 0.0690 e. The Labute approximate surface area is 99.6 Å². The highest BCUT2D eigenvalue weighted by Crippen LogP contribution is 2.50. The minimum absolute atomic E-state index is 0.00208. The predicted octanol–water partition coefficient (Wildman–Crippen LogP) is 2.69. The van der Waals surface area contributed by atoms with Crippen molar-refractivity contribution in [2.75, 3.05) is 6.54 Å². The summed E-state index contributed by atoms with van der Waals surface area (Å²) >= 11 is 0. The number of hydrogen-bond donors (Lipinski definition) is 2. The van der Waals surface area contributed by atoms with Gasteiger partial charge in [0, 0.05) is 12.0 Å². The molecular formula is C14H27NO. The fourth-order valence-corrected chi connectivity index (χ4v) is 3.38. The summed E-state index contributed by atoms with van der Waals surface area (Å²) in [7, 11) is 0. The highest BCUT2D eigenvalue weighted by Gasteiger charge is 2.49. The van der Waals surface area contributed by atoms with Gasteiger partial charge in [-0.2, -0.15) is 0 Å². The van der Waals surface area contributed by atoms with Crippen molar-refractivity contribution < 1.29 is 5.11 Å². The van der Waals surface area contributed by atoms with Crippen LogP contribution in [0.15, 0.2) is 0 Å². The Bertz CT molecular complexity index is 237. The third kappa shape index (κ3) is 2.28. The SMILES string of the molecule is CC1CCC(CN)(C(C)(O)CC2CC2)CC1. The molecule has 94 valence electrons. The summed E-state index contributed by atoms with van der Waals surface area (Å²) in [5.74, 6) is 1.59. The minimum atomic E-state index is -0.539. The van der Waals surface area contributed by atoms with Crippen LogP contribution in [0.3, 0.4) is 0 Å². The van der Waals surface area contributed by atoms with Gasteiger partial charge in [0.15, 0.2) is 0 Å². The molecule has 0 aliphatic heterocycles. The van der Waals surface area contributed by atoms with E-state index in [1.807, 2.05) is 6.92 Å². The van der Waals surface area contributed by atoms with Gasteiger partial charge < -0.3 is 10.8 Å². The molecule has 16 heavy (non-hydrogen) atoms. The summed E-state index contributed by atoms with van der Waals surface area (Å²) in [6, 6.07) is 0. The average molecular weight is 225 g/mol. The molecule has 0 radical (unpaired) electrons. The van der Waals surface area contributed by atoms with E-state index in [-0.39, 0.29) is 5.41 Å². The molecule has 0 aromatic rings. The molecule has 2 saturated carbocycles. The molecule has 0 aromatic carbocycles. The lowest BCUT2D eigenvalue weighted by molar-refractivity contribution is -0.0991. The van der Waals surface area contributed by atoms with E-state index < -0.39 is 5.60 Å². The van der Waals surface area contributed by atoms with Gasteiger partial charge in [0.1, 0.15) is 0 Å². The van der Waals surface area contributed by atoms with Crippen LogP contribution in [-0.4, -0.2) is 17.3 Å². The summed E-state index contributed by atoms with van der Waals surface area (Å²) in [6.45, 7) is 5.00. The van der Waals surface area contributed by atoms with E-state index in [0.29, 0.717) is 6.54 Å². The molecule has 3 N–H and O–H groups in total. The number of aliphatic hydroxyl groups is 1. The second-order valence-electron chi connectivity index (χ2n) is 6.59. The van der Waals surface area contributed by atoms with Gasteiger partial charge in [-0.3, -0.25) is 0 Å². The minimum Gasteiger partial charge on any atom is -0.390 e. The normalized spacial score (nSPS) is 39.4. The van der Waals surface area contributed by atoms with E-state index in [1.165, 1.54) is 25.7 Å². The first-order chi connectivity index (χ1) is 7.49. The van der Waals surface area contributed by atoms with Crippen molar-refractivity contribution >= 4 is 0 Å². The van der Waals surface area contributed by atoms with Crippen molar-refractivity contribution in [3.63, 3.8) is 0 Å². The lowest BCUT2D eigenvalue weighted by Gasteiger charge is -2.49. The fraction of sp³-hybridized carbons (Fsp3) is 1.00. The zero-order valence-electron chi connectivity index (χ0n) is 10.8. The standard InChI is InChI=1S/C14H27NO/c1-11-5-7-14(10-15,8-6-11)13(2,16)9-12-3-4-12/h11-12,16H,3-10,15H2,1-2H3.